The number of amidine groups is 1. The first-order valence-corrected chi connectivity index (χ1v) is 11.6. The molecule has 0 spiro atoms. The van der Waals surface area contributed by atoms with E-state index in [-0.39, 0.29) is 18.4 Å². The normalized spacial score (nSPS) is 15.2. The molecule has 1 aliphatic heterocycles. The average Bonchev–Trinajstić information content (AvgIpc) is 2.81. The largest absolute Gasteiger partial charge is 0.463 e. The second-order valence-corrected chi connectivity index (χ2v) is 8.78. The van der Waals surface area contributed by atoms with Crippen molar-refractivity contribution in [3.05, 3.63) is 106 Å². The molecule has 0 radical (unpaired) electrons. The summed E-state index contributed by atoms with van der Waals surface area (Å²) >= 11 is 7.67. The Morgan fingerprint density at radius 1 is 1.03 bits per heavy atom. The lowest BCUT2D eigenvalue weighted by atomic mass is 9.95. The van der Waals surface area contributed by atoms with E-state index in [0.717, 1.165) is 32.5 Å². The minimum Gasteiger partial charge on any atom is -0.463 e. The lowest BCUT2D eigenvalue weighted by Crippen LogP contribution is -2.33. The van der Waals surface area contributed by atoms with Crippen LogP contribution in [0.5, 0.6) is 0 Å². The molecule has 1 heterocycles. The Kier molecular flexibility index (Phi) is 8.61. The number of carbonyl (C=O) groups is 1. The summed E-state index contributed by atoms with van der Waals surface area (Å²) in [6, 6.07) is 25.2. The summed E-state index contributed by atoms with van der Waals surface area (Å²) in [6.45, 7) is 4.01. The second-order valence-electron chi connectivity index (χ2n) is 7.22. The number of nitrogens with zero attached hydrogens (tertiary/aromatic N) is 1. The van der Waals surface area contributed by atoms with E-state index < -0.39 is 6.04 Å². The third-order valence-electron chi connectivity index (χ3n) is 5.04. The van der Waals surface area contributed by atoms with Gasteiger partial charge in [-0.2, -0.15) is 0 Å². The van der Waals surface area contributed by atoms with Gasteiger partial charge in [-0.25, -0.2) is 4.79 Å². The summed E-state index contributed by atoms with van der Waals surface area (Å²) < 4.78 is 5.39. The Hall–Kier alpha value is -2.73. The Morgan fingerprint density at radius 3 is 2.39 bits per heavy atom. The molecule has 33 heavy (non-hydrogen) atoms. The minimum absolute atomic E-state index is 0. The summed E-state index contributed by atoms with van der Waals surface area (Å²) in [7, 11) is 0. The first kappa shape index (κ1) is 24.9. The van der Waals surface area contributed by atoms with Crippen LogP contribution >= 0.6 is 35.8 Å². The third-order valence-corrected chi connectivity index (χ3v) is 6.39. The molecule has 3 aromatic rings. The number of carbonyl (C=O) groups excluding carboxylic acids is 1. The monoisotopic (exact) mass is 498 g/mol. The molecule has 0 saturated heterocycles. The second kappa shape index (κ2) is 11.4. The number of ether oxygens (including phenoxy) is 1. The summed E-state index contributed by atoms with van der Waals surface area (Å²) in [4.78, 5) is 20.0. The van der Waals surface area contributed by atoms with E-state index >= 15 is 0 Å². The highest BCUT2D eigenvalue weighted by Gasteiger charge is 2.32. The molecular formula is C26H24Cl2N2O2S. The summed E-state index contributed by atoms with van der Waals surface area (Å²) in [6.07, 6.45) is 0. The number of halogens is 2. The molecule has 4 rings (SSSR count). The van der Waals surface area contributed by atoms with Crippen LogP contribution in [0.1, 0.15) is 31.0 Å². The molecule has 1 N–H and O–H groups in total. The first-order valence-electron chi connectivity index (χ1n) is 10.4. The van der Waals surface area contributed by atoms with Gasteiger partial charge in [-0.15, -0.1) is 12.4 Å². The van der Waals surface area contributed by atoms with Gasteiger partial charge >= 0.3 is 5.97 Å². The number of esters is 1. The van der Waals surface area contributed by atoms with E-state index in [9.17, 15) is 4.79 Å². The van der Waals surface area contributed by atoms with Crippen LogP contribution in [-0.2, 0) is 9.53 Å². The van der Waals surface area contributed by atoms with Crippen molar-refractivity contribution in [2.24, 2.45) is 4.99 Å². The van der Waals surface area contributed by atoms with Crippen molar-refractivity contribution >= 4 is 47.6 Å². The zero-order valence-corrected chi connectivity index (χ0v) is 20.6. The van der Waals surface area contributed by atoms with Crippen molar-refractivity contribution < 1.29 is 9.53 Å². The Balaban J connectivity index is 0.00000306. The standard InChI is InChI=1S/C26H23ClN2O2S.ClH/c1-3-31-26(30)23-17(2)28-25(18-9-5-4-6-10-18)29-24(23)21-11-7-8-12-22(21)32-20-15-13-19(27)14-16-20;/h4-16,24H,3H2,1-2H3,(H,28,29);1H. The number of allylic oxidation sites excluding steroid dienone is 1. The smallest absolute Gasteiger partial charge is 0.338 e. The van der Waals surface area contributed by atoms with Gasteiger partial charge in [0.15, 0.2) is 0 Å². The predicted octanol–water partition coefficient (Wildman–Crippen LogP) is 6.84. The molecular weight excluding hydrogens is 475 g/mol. The molecule has 1 aliphatic rings. The number of benzene rings is 3. The molecule has 1 atom stereocenters. The van der Waals surface area contributed by atoms with Gasteiger partial charge in [0.25, 0.3) is 0 Å². The van der Waals surface area contributed by atoms with E-state index in [4.69, 9.17) is 21.3 Å². The lowest BCUT2D eigenvalue weighted by molar-refractivity contribution is -0.138. The van der Waals surface area contributed by atoms with Gasteiger partial charge in [0.1, 0.15) is 11.9 Å². The molecule has 1 unspecified atom stereocenters. The molecule has 0 amide bonds. The minimum atomic E-state index is -0.485. The first-order chi connectivity index (χ1) is 15.6. The molecule has 0 fully saturated rings. The highest BCUT2D eigenvalue weighted by Crippen LogP contribution is 2.40. The number of rotatable bonds is 6. The van der Waals surface area contributed by atoms with Gasteiger partial charge < -0.3 is 10.1 Å². The van der Waals surface area contributed by atoms with Crippen LogP contribution in [0.4, 0.5) is 0 Å². The van der Waals surface area contributed by atoms with Gasteiger partial charge in [-0.3, -0.25) is 4.99 Å². The van der Waals surface area contributed by atoms with Crippen molar-refractivity contribution in [2.45, 2.75) is 29.7 Å². The maximum Gasteiger partial charge on any atom is 0.338 e. The summed E-state index contributed by atoms with van der Waals surface area (Å²) in [5.41, 5.74) is 3.18. The number of aliphatic imine (C=N–C) groups is 1. The van der Waals surface area contributed by atoms with Crippen LogP contribution in [0.3, 0.4) is 0 Å². The number of hydrogen-bond donors (Lipinski definition) is 1. The molecule has 4 nitrogen and oxygen atoms in total. The van der Waals surface area contributed by atoms with Crippen molar-refractivity contribution in [3.63, 3.8) is 0 Å². The van der Waals surface area contributed by atoms with Crippen molar-refractivity contribution in [3.8, 4) is 0 Å². The fourth-order valence-electron chi connectivity index (χ4n) is 3.55. The van der Waals surface area contributed by atoms with Crippen molar-refractivity contribution in [2.75, 3.05) is 6.61 Å². The topological polar surface area (TPSA) is 50.7 Å². The van der Waals surface area contributed by atoms with Gasteiger partial charge in [0.2, 0.25) is 0 Å². The zero-order valence-electron chi connectivity index (χ0n) is 18.2. The van der Waals surface area contributed by atoms with Crippen LogP contribution in [0.25, 0.3) is 0 Å². The average molecular weight is 499 g/mol. The van der Waals surface area contributed by atoms with E-state index in [2.05, 4.69) is 5.32 Å². The van der Waals surface area contributed by atoms with Gasteiger partial charge in [-0.05, 0) is 49.7 Å². The van der Waals surface area contributed by atoms with Crippen LogP contribution in [-0.4, -0.2) is 18.4 Å². The molecule has 7 heteroatoms. The molecule has 0 aromatic heterocycles. The molecule has 0 aliphatic carbocycles. The van der Waals surface area contributed by atoms with Gasteiger partial charge in [0.05, 0.1) is 12.2 Å². The quantitative estimate of drug-likeness (QED) is 0.377. The lowest BCUT2D eigenvalue weighted by Gasteiger charge is -2.27. The van der Waals surface area contributed by atoms with Gasteiger partial charge in [0, 0.05) is 26.1 Å². The highest BCUT2D eigenvalue weighted by molar-refractivity contribution is 7.99. The van der Waals surface area contributed by atoms with E-state index in [1.807, 2.05) is 92.7 Å². The molecule has 0 saturated carbocycles. The molecule has 3 aromatic carbocycles. The number of nitrogens with one attached hydrogen (secondary N) is 1. The Morgan fingerprint density at radius 2 is 1.70 bits per heavy atom. The third kappa shape index (κ3) is 5.80. The fourth-order valence-corrected chi connectivity index (χ4v) is 4.64. The predicted molar refractivity (Wildman–Crippen MR) is 137 cm³/mol. The maximum absolute atomic E-state index is 12.9. The van der Waals surface area contributed by atoms with Gasteiger partial charge in [-0.1, -0.05) is 71.9 Å². The van der Waals surface area contributed by atoms with E-state index in [0.29, 0.717) is 17.2 Å². The fraction of sp³-hybridized carbons (Fsp3) is 0.154. The summed E-state index contributed by atoms with van der Waals surface area (Å²) in [5, 5.41) is 4.00. The zero-order chi connectivity index (χ0) is 22.5. The van der Waals surface area contributed by atoms with Crippen molar-refractivity contribution in [1.29, 1.82) is 0 Å². The van der Waals surface area contributed by atoms with E-state index in [1.54, 1.807) is 11.8 Å². The van der Waals surface area contributed by atoms with Crippen LogP contribution in [0.2, 0.25) is 5.02 Å². The Bertz CT molecular complexity index is 1180. The maximum atomic E-state index is 12.9. The van der Waals surface area contributed by atoms with Crippen LogP contribution in [0, 0.1) is 0 Å². The molecule has 0 bridgehead atoms. The summed E-state index contributed by atoms with van der Waals surface area (Å²) in [5.74, 6) is 0.372. The van der Waals surface area contributed by atoms with Crippen LogP contribution < -0.4 is 5.32 Å². The van der Waals surface area contributed by atoms with Crippen molar-refractivity contribution in [1.82, 2.24) is 5.32 Å². The highest BCUT2D eigenvalue weighted by atomic mass is 35.5. The number of hydrogen-bond acceptors (Lipinski definition) is 5. The van der Waals surface area contributed by atoms with Crippen LogP contribution in [0.15, 0.2) is 105 Å². The SMILES string of the molecule is CCOC(=O)C1=C(C)NC(c2ccccc2)=NC1c1ccccc1Sc1ccc(Cl)cc1.Cl. The molecule has 170 valence electrons. The Labute approximate surface area is 209 Å². The van der Waals surface area contributed by atoms with E-state index in [1.165, 1.54) is 0 Å².